The highest BCUT2D eigenvalue weighted by atomic mass is 35.5. The predicted molar refractivity (Wildman–Crippen MR) is 104 cm³/mol. The molecule has 0 radical (unpaired) electrons. The lowest BCUT2D eigenvalue weighted by Crippen LogP contribution is -2.44. The second-order valence-corrected chi connectivity index (χ2v) is 7.02. The van der Waals surface area contributed by atoms with Crippen molar-refractivity contribution in [2.24, 2.45) is 0 Å². The van der Waals surface area contributed by atoms with Gasteiger partial charge in [-0.15, -0.1) is 0 Å². The Morgan fingerprint density at radius 2 is 1.85 bits per heavy atom. The number of hydrogen-bond acceptors (Lipinski definition) is 3. The highest BCUT2D eigenvalue weighted by Gasteiger charge is 2.43. The SMILES string of the molecule is CCc1ccc(N2C(=O)CC(N(Cc3cccc(Cl)c3)C(C)=O)C2=O)cc1. The Bertz CT molecular complexity index is 879. The standard InChI is InChI=1S/C21H21ClN2O3/c1-3-15-7-9-18(10-8-15)24-20(26)12-19(21(24)27)23(14(2)25)13-16-5-4-6-17(22)11-16/h4-11,19H,3,12-13H2,1-2H3. The maximum absolute atomic E-state index is 13.0. The summed E-state index contributed by atoms with van der Waals surface area (Å²) in [7, 11) is 0. The normalized spacial score (nSPS) is 16.7. The van der Waals surface area contributed by atoms with Crippen LogP contribution < -0.4 is 4.90 Å². The molecule has 6 heteroatoms. The van der Waals surface area contributed by atoms with Crippen LogP contribution in [0.4, 0.5) is 5.69 Å². The van der Waals surface area contributed by atoms with Gasteiger partial charge in [-0.25, -0.2) is 4.90 Å². The highest BCUT2D eigenvalue weighted by Crippen LogP contribution is 2.27. The molecule has 140 valence electrons. The number of carbonyl (C=O) groups excluding carboxylic acids is 3. The summed E-state index contributed by atoms with van der Waals surface area (Å²) in [6.45, 7) is 3.67. The zero-order valence-electron chi connectivity index (χ0n) is 15.3. The lowest BCUT2D eigenvalue weighted by molar-refractivity contribution is -0.137. The van der Waals surface area contributed by atoms with Gasteiger partial charge in [-0.1, -0.05) is 42.8 Å². The van der Waals surface area contributed by atoms with E-state index in [2.05, 4.69) is 0 Å². The fourth-order valence-electron chi connectivity index (χ4n) is 3.28. The molecule has 1 unspecified atom stereocenters. The van der Waals surface area contributed by atoms with E-state index in [0.29, 0.717) is 10.7 Å². The molecule has 3 amide bonds. The predicted octanol–water partition coefficient (Wildman–Crippen LogP) is 3.58. The van der Waals surface area contributed by atoms with Gasteiger partial charge in [0.15, 0.2) is 0 Å². The van der Waals surface area contributed by atoms with Crippen molar-refractivity contribution in [1.82, 2.24) is 4.90 Å². The van der Waals surface area contributed by atoms with Crippen molar-refractivity contribution in [3.05, 3.63) is 64.7 Å². The third-order valence-electron chi connectivity index (χ3n) is 4.75. The molecule has 0 spiro atoms. The van der Waals surface area contributed by atoms with Crippen molar-refractivity contribution in [2.45, 2.75) is 39.3 Å². The molecule has 27 heavy (non-hydrogen) atoms. The number of nitrogens with zero attached hydrogens (tertiary/aromatic N) is 2. The number of anilines is 1. The van der Waals surface area contributed by atoms with Crippen molar-refractivity contribution < 1.29 is 14.4 Å². The minimum atomic E-state index is -0.806. The van der Waals surface area contributed by atoms with Crippen LogP contribution in [0.25, 0.3) is 0 Å². The summed E-state index contributed by atoms with van der Waals surface area (Å²) in [4.78, 5) is 40.3. The van der Waals surface area contributed by atoms with Crippen LogP contribution in [0.15, 0.2) is 48.5 Å². The fourth-order valence-corrected chi connectivity index (χ4v) is 3.50. The first-order valence-corrected chi connectivity index (χ1v) is 9.26. The van der Waals surface area contributed by atoms with Gasteiger partial charge in [0.25, 0.3) is 5.91 Å². The Balaban J connectivity index is 1.85. The number of benzene rings is 2. The lowest BCUT2D eigenvalue weighted by atomic mass is 10.1. The smallest absolute Gasteiger partial charge is 0.257 e. The number of halogens is 1. The molecule has 0 aliphatic carbocycles. The molecule has 3 rings (SSSR count). The summed E-state index contributed by atoms with van der Waals surface area (Å²) in [5.41, 5.74) is 2.47. The zero-order chi connectivity index (χ0) is 19.6. The Kier molecular flexibility index (Phi) is 5.61. The number of imide groups is 1. The molecule has 2 aromatic rings. The van der Waals surface area contributed by atoms with Gasteiger partial charge in [-0.3, -0.25) is 14.4 Å². The molecule has 1 aliphatic rings. The largest absolute Gasteiger partial charge is 0.326 e. The average molecular weight is 385 g/mol. The van der Waals surface area contributed by atoms with E-state index < -0.39 is 6.04 Å². The van der Waals surface area contributed by atoms with Crippen LogP contribution in [0.1, 0.15) is 31.4 Å². The van der Waals surface area contributed by atoms with E-state index in [1.165, 1.54) is 16.7 Å². The molecule has 1 atom stereocenters. The van der Waals surface area contributed by atoms with Gasteiger partial charge >= 0.3 is 0 Å². The minimum Gasteiger partial charge on any atom is -0.326 e. The monoisotopic (exact) mass is 384 g/mol. The average Bonchev–Trinajstić information content (AvgIpc) is 2.93. The summed E-state index contributed by atoms with van der Waals surface area (Å²) in [5.74, 6) is -0.933. The molecule has 1 saturated heterocycles. The van der Waals surface area contributed by atoms with E-state index >= 15 is 0 Å². The van der Waals surface area contributed by atoms with Crippen LogP contribution in [0.2, 0.25) is 5.02 Å². The van der Waals surface area contributed by atoms with E-state index in [1.807, 2.05) is 25.1 Å². The number of amides is 3. The molecular formula is C21H21ClN2O3. The lowest BCUT2D eigenvalue weighted by Gasteiger charge is -2.26. The van der Waals surface area contributed by atoms with Crippen LogP contribution >= 0.6 is 11.6 Å². The summed E-state index contributed by atoms with van der Waals surface area (Å²) in [5, 5.41) is 0.558. The van der Waals surface area contributed by atoms with Gasteiger partial charge in [0.1, 0.15) is 6.04 Å². The van der Waals surface area contributed by atoms with E-state index in [9.17, 15) is 14.4 Å². The molecule has 1 aliphatic heterocycles. The fraction of sp³-hybridized carbons (Fsp3) is 0.286. The Labute approximate surface area is 163 Å². The Hall–Kier alpha value is -2.66. The van der Waals surface area contributed by atoms with Gasteiger partial charge in [0, 0.05) is 18.5 Å². The second-order valence-electron chi connectivity index (χ2n) is 6.58. The molecule has 5 nitrogen and oxygen atoms in total. The molecule has 0 bridgehead atoms. The number of carbonyl (C=O) groups is 3. The molecule has 0 aromatic heterocycles. The van der Waals surface area contributed by atoms with E-state index in [-0.39, 0.29) is 30.7 Å². The van der Waals surface area contributed by atoms with Crippen molar-refractivity contribution >= 4 is 35.0 Å². The number of rotatable bonds is 5. The molecule has 0 N–H and O–H groups in total. The van der Waals surface area contributed by atoms with Gasteiger partial charge in [-0.2, -0.15) is 0 Å². The van der Waals surface area contributed by atoms with Crippen LogP contribution in [0.5, 0.6) is 0 Å². The van der Waals surface area contributed by atoms with Gasteiger partial charge < -0.3 is 4.90 Å². The summed E-state index contributed by atoms with van der Waals surface area (Å²) in [6.07, 6.45) is 0.858. The summed E-state index contributed by atoms with van der Waals surface area (Å²) >= 11 is 6.01. The first-order valence-electron chi connectivity index (χ1n) is 8.88. The molecule has 1 heterocycles. The molecular weight excluding hydrogens is 364 g/mol. The van der Waals surface area contributed by atoms with Crippen molar-refractivity contribution in [3.8, 4) is 0 Å². The van der Waals surface area contributed by atoms with E-state index in [0.717, 1.165) is 17.5 Å². The van der Waals surface area contributed by atoms with Crippen molar-refractivity contribution in [3.63, 3.8) is 0 Å². The van der Waals surface area contributed by atoms with Crippen molar-refractivity contribution in [2.75, 3.05) is 4.90 Å². The molecule has 0 saturated carbocycles. The molecule has 1 fully saturated rings. The van der Waals surface area contributed by atoms with Crippen LogP contribution in [-0.2, 0) is 27.3 Å². The highest BCUT2D eigenvalue weighted by molar-refractivity contribution is 6.30. The van der Waals surface area contributed by atoms with Crippen LogP contribution in [0.3, 0.4) is 0 Å². The summed E-state index contributed by atoms with van der Waals surface area (Å²) < 4.78 is 0. The zero-order valence-corrected chi connectivity index (χ0v) is 16.1. The summed E-state index contributed by atoms with van der Waals surface area (Å²) in [6, 6.07) is 13.7. The first-order chi connectivity index (χ1) is 12.9. The van der Waals surface area contributed by atoms with E-state index in [4.69, 9.17) is 11.6 Å². The number of hydrogen-bond donors (Lipinski definition) is 0. The maximum atomic E-state index is 13.0. The second kappa shape index (κ2) is 7.92. The quantitative estimate of drug-likeness (QED) is 0.740. The van der Waals surface area contributed by atoms with Crippen LogP contribution in [-0.4, -0.2) is 28.7 Å². The topological polar surface area (TPSA) is 57.7 Å². The van der Waals surface area contributed by atoms with Gasteiger partial charge in [0.2, 0.25) is 11.8 Å². The third-order valence-corrected chi connectivity index (χ3v) is 4.98. The van der Waals surface area contributed by atoms with E-state index in [1.54, 1.807) is 30.3 Å². The third kappa shape index (κ3) is 4.03. The van der Waals surface area contributed by atoms with Gasteiger partial charge in [0.05, 0.1) is 12.1 Å². The molecule has 2 aromatic carbocycles. The maximum Gasteiger partial charge on any atom is 0.257 e. The van der Waals surface area contributed by atoms with Crippen LogP contribution in [0, 0.1) is 0 Å². The minimum absolute atomic E-state index is 0.0193. The number of aryl methyl sites for hydroxylation is 1. The van der Waals surface area contributed by atoms with Gasteiger partial charge in [-0.05, 0) is 41.8 Å². The first kappa shape index (κ1) is 19.1. The van der Waals surface area contributed by atoms with Crippen molar-refractivity contribution in [1.29, 1.82) is 0 Å². The Morgan fingerprint density at radius 3 is 2.44 bits per heavy atom. The Morgan fingerprint density at radius 1 is 1.15 bits per heavy atom.